The molecule has 1 rings (SSSR count). The summed E-state index contributed by atoms with van der Waals surface area (Å²) in [6, 6.07) is 6.41. The predicted molar refractivity (Wildman–Crippen MR) is 86.3 cm³/mol. The summed E-state index contributed by atoms with van der Waals surface area (Å²) >= 11 is 0. The molecule has 0 saturated heterocycles. The lowest BCUT2D eigenvalue weighted by Gasteiger charge is -2.22. The number of aliphatic carboxylic acids is 1. The standard InChI is InChI=1S/C17H25NO5/c1-5-22-11-13-8-6-7-12(9-13)10-14(15(19)20)18-16(21)23-17(2,3)4/h6-9,14H,5,10-11H2,1-4H3,(H,18,21)(H,19,20)/t14-/m1/s1. The molecule has 1 amide bonds. The second-order valence-corrected chi connectivity index (χ2v) is 6.20. The van der Waals surface area contributed by atoms with Crippen LogP contribution >= 0.6 is 0 Å². The van der Waals surface area contributed by atoms with Gasteiger partial charge in [0.25, 0.3) is 0 Å². The Hall–Kier alpha value is -2.08. The van der Waals surface area contributed by atoms with E-state index in [-0.39, 0.29) is 6.42 Å². The Morgan fingerprint density at radius 1 is 1.26 bits per heavy atom. The van der Waals surface area contributed by atoms with E-state index in [0.29, 0.717) is 13.2 Å². The molecular weight excluding hydrogens is 298 g/mol. The molecular formula is C17H25NO5. The Kier molecular flexibility index (Phi) is 7.03. The monoisotopic (exact) mass is 323 g/mol. The van der Waals surface area contributed by atoms with Gasteiger partial charge in [0.15, 0.2) is 0 Å². The van der Waals surface area contributed by atoms with Crippen molar-refractivity contribution in [3.63, 3.8) is 0 Å². The molecule has 128 valence electrons. The Morgan fingerprint density at radius 2 is 1.91 bits per heavy atom. The highest BCUT2D eigenvalue weighted by Gasteiger charge is 2.24. The number of carbonyl (C=O) groups excluding carboxylic acids is 1. The van der Waals surface area contributed by atoms with Crippen LogP contribution in [-0.2, 0) is 27.3 Å². The fraction of sp³-hybridized carbons (Fsp3) is 0.529. The van der Waals surface area contributed by atoms with Gasteiger partial charge in [-0.3, -0.25) is 0 Å². The van der Waals surface area contributed by atoms with Gasteiger partial charge in [0.05, 0.1) is 6.61 Å². The quantitative estimate of drug-likeness (QED) is 0.806. The van der Waals surface area contributed by atoms with Crippen LogP contribution in [0.25, 0.3) is 0 Å². The topological polar surface area (TPSA) is 84.9 Å². The lowest BCUT2D eigenvalue weighted by molar-refractivity contribution is -0.139. The van der Waals surface area contributed by atoms with Gasteiger partial charge in [0.1, 0.15) is 11.6 Å². The van der Waals surface area contributed by atoms with Crippen LogP contribution in [0, 0.1) is 0 Å². The Morgan fingerprint density at radius 3 is 2.48 bits per heavy atom. The molecule has 0 aromatic heterocycles. The number of nitrogens with one attached hydrogen (secondary N) is 1. The minimum absolute atomic E-state index is 0.175. The molecule has 0 unspecified atom stereocenters. The van der Waals surface area contributed by atoms with E-state index in [9.17, 15) is 14.7 Å². The van der Waals surface area contributed by atoms with Crippen LogP contribution in [0.5, 0.6) is 0 Å². The van der Waals surface area contributed by atoms with E-state index in [1.54, 1.807) is 20.8 Å². The van der Waals surface area contributed by atoms with Crippen LogP contribution < -0.4 is 5.32 Å². The van der Waals surface area contributed by atoms with Crippen LogP contribution in [0.3, 0.4) is 0 Å². The van der Waals surface area contributed by atoms with Crippen LogP contribution in [-0.4, -0.2) is 35.4 Å². The maximum absolute atomic E-state index is 11.8. The first kappa shape index (κ1) is 19.0. The molecule has 0 fully saturated rings. The SMILES string of the molecule is CCOCc1cccc(C[C@@H](NC(=O)OC(C)(C)C)C(=O)O)c1. The third kappa shape index (κ3) is 7.65. The highest BCUT2D eigenvalue weighted by molar-refractivity contribution is 5.80. The first-order valence-corrected chi connectivity index (χ1v) is 7.59. The Bertz CT molecular complexity index is 536. The third-order valence-corrected chi connectivity index (χ3v) is 2.89. The molecule has 0 spiro atoms. The summed E-state index contributed by atoms with van der Waals surface area (Å²) in [5.41, 5.74) is 1.10. The molecule has 2 N–H and O–H groups in total. The van der Waals surface area contributed by atoms with Crippen molar-refractivity contribution in [2.75, 3.05) is 6.61 Å². The zero-order chi connectivity index (χ0) is 17.5. The van der Waals surface area contributed by atoms with Gasteiger partial charge in [-0.25, -0.2) is 9.59 Å². The number of alkyl carbamates (subject to hydrolysis) is 1. The number of carboxylic acids is 1. The Balaban J connectivity index is 2.72. The van der Waals surface area contributed by atoms with Gasteiger partial charge in [-0.15, -0.1) is 0 Å². The summed E-state index contributed by atoms with van der Waals surface area (Å²) in [5.74, 6) is -1.11. The molecule has 6 nitrogen and oxygen atoms in total. The van der Waals surface area contributed by atoms with Crippen molar-refractivity contribution in [3.05, 3.63) is 35.4 Å². The molecule has 0 aliphatic heterocycles. The van der Waals surface area contributed by atoms with Crippen molar-refractivity contribution in [1.29, 1.82) is 0 Å². The van der Waals surface area contributed by atoms with Gasteiger partial charge >= 0.3 is 12.1 Å². The van der Waals surface area contributed by atoms with E-state index in [1.807, 2.05) is 31.2 Å². The smallest absolute Gasteiger partial charge is 0.408 e. The normalized spacial score (nSPS) is 12.5. The number of hydrogen-bond acceptors (Lipinski definition) is 4. The summed E-state index contributed by atoms with van der Waals surface area (Å²) < 4.78 is 10.4. The molecule has 1 aromatic carbocycles. The van der Waals surface area contributed by atoms with Crippen LogP contribution in [0.4, 0.5) is 4.79 Å². The van der Waals surface area contributed by atoms with Crippen LogP contribution in [0.15, 0.2) is 24.3 Å². The minimum atomic E-state index is -1.11. The number of amides is 1. The Labute approximate surface area is 136 Å². The second kappa shape index (κ2) is 8.53. The van der Waals surface area contributed by atoms with E-state index in [4.69, 9.17) is 9.47 Å². The van der Waals surface area contributed by atoms with Crippen LogP contribution in [0.1, 0.15) is 38.8 Å². The summed E-state index contributed by atoms with van der Waals surface area (Å²) in [6.45, 7) is 8.16. The van der Waals surface area contributed by atoms with Crippen LogP contribution in [0.2, 0.25) is 0 Å². The van der Waals surface area contributed by atoms with Gasteiger partial charge in [-0.2, -0.15) is 0 Å². The zero-order valence-electron chi connectivity index (χ0n) is 14.1. The first-order valence-electron chi connectivity index (χ1n) is 7.59. The number of ether oxygens (including phenoxy) is 2. The van der Waals surface area contributed by atoms with Crippen molar-refractivity contribution in [3.8, 4) is 0 Å². The lowest BCUT2D eigenvalue weighted by atomic mass is 10.0. The average molecular weight is 323 g/mol. The molecule has 23 heavy (non-hydrogen) atoms. The van der Waals surface area contributed by atoms with Gasteiger partial charge in [-0.05, 0) is 38.8 Å². The van der Waals surface area contributed by atoms with Crippen molar-refractivity contribution in [2.24, 2.45) is 0 Å². The minimum Gasteiger partial charge on any atom is -0.480 e. The summed E-state index contributed by atoms with van der Waals surface area (Å²) in [4.78, 5) is 23.1. The molecule has 6 heteroatoms. The fourth-order valence-corrected chi connectivity index (χ4v) is 1.95. The molecule has 1 atom stereocenters. The molecule has 0 heterocycles. The first-order chi connectivity index (χ1) is 10.7. The van der Waals surface area contributed by atoms with Crippen molar-refractivity contribution >= 4 is 12.1 Å². The van der Waals surface area contributed by atoms with Gasteiger partial charge in [0.2, 0.25) is 0 Å². The highest BCUT2D eigenvalue weighted by atomic mass is 16.6. The lowest BCUT2D eigenvalue weighted by Crippen LogP contribution is -2.44. The molecule has 0 aliphatic rings. The molecule has 0 radical (unpaired) electrons. The number of carbonyl (C=O) groups is 2. The maximum atomic E-state index is 11.8. The van der Waals surface area contributed by atoms with Gasteiger partial charge in [-0.1, -0.05) is 24.3 Å². The summed E-state index contributed by atoms with van der Waals surface area (Å²) in [6.07, 6.45) is -0.565. The zero-order valence-corrected chi connectivity index (χ0v) is 14.1. The van der Waals surface area contributed by atoms with E-state index in [0.717, 1.165) is 11.1 Å². The number of rotatable bonds is 7. The van der Waals surface area contributed by atoms with Crippen molar-refractivity contribution in [1.82, 2.24) is 5.32 Å². The highest BCUT2D eigenvalue weighted by Crippen LogP contribution is 2.11. The van der Waals surface area contributed by atoms with E-state index in [2.05, 4.69) is 5.32 Å². The van der Waals surface area contributed by atoms with E-state index in [1.165, 1.54) is 0 Å². The molecule has 1 aromatic rings. The number of hydrogen-bond donors (Lipinski definition) is 2. The molecule has 0 saturated carbocycles. The number of benzene rings is 1. The second-order valence-electron chi connectivity index (χ2n) is 6.20. The molecule has 0 bridgehead atoms. The van der Waals surface area contributed by atoms with Gasteiger partial charge in [0, 0.05) is 13.0 Å². The van der Waals surface area contributed by atoms with E-state index >= 15 is 0 Å². The third-order valence-electron chi connectivity index (χ3n) is 2.89. The van der Waals surface area contributed by atoms with Gasteiger partial charge < -0.3 is 19.9 Å². The number of carboxylic acid groups (broad SMARTS) is 1. The average Bonchev–Trinajstić information content (AvgIpc) is 2.42. The fourth-order valence-electron chi connectivity index (χ4n) is 1.95. The van der Waals surface area contributed by atoms with E-state index < -0.39 is 23.7 Å². The molecule has 0 aliphatic carbocycles. The largest absolute Gasteiger partial charge is 0.480 e. The van der Waals surface area contributed by atoms with Crippen molar-refractivity contribution < 1.29 is 24.2 Å². The summed E-state index contributed by atoms with van der Waals surface area (Å²) in [5, 5.41) is 11.7. The maximum Gasteiger partial charge on any atom is 0.408 e. The van der Waals surface area contributed by atoms with Crippen molar-refractivity contribution in [2.45, 2.75) is 52.4 Å². The summed E-state index contributed by atoms with van der Waals surface area (Å²) in [7, 11) is 0. The predicted octanol–water partition coefficient (Wildman–Crippen LogP) is 2.74.